The zero-order valence-electron chi connectivity index (χ0n) is 11.3. The molecule has 0 heterocycles. The first-order valence-corrected chi connectivity index (χ1v) is 7.16. The van der Waals surface area contributed by atoms with E-state index in [2.05, 4.69) is 6.92 Å². The number of benzene rings is 1. The molecule has 1 aromatic carbocycles. The van der Waals surface area contributed by atoms with Gasteiger partial charge in [0, 0.05) is 6.61 Å². The molecule has 19 heavy (non-hydrogen) atoms. The maximum Gasteiger partial charge on any atom is 0.156 e. The van der Waals surface area contributed by atoms with Crippen molar-refractivity contribution in [3.8, 4) is 5.75 Å². The van der Waals surface area contributed by atoms with Gasteiger partial charge in [0.25, 0.3) is 0 Å². The van der Waals surface area contributed by atoms with Crippen LogP contribution in [0.1, 0.15) is 31.2 Å². The average Bonchev–Trinajstić information content (AvgIpc) is 2.40. The maximum absolute atomic E-state index is 9.26. The van der Waals surface area contributed by atoms with Gasteiger partial charge in [0.15, 0.2) is 5.75 Å². The third-order valence-electron chi connectivity index (χ3n) is 3.40. The molecule has 5 heteroatoms. The van der Waals surface area contributed by atoms with Crippen LogP contribution < -0.4 is 10.5 Å². The summed E-state index contributed by atoms with van der Waals surface area (Å²) < 4.78 is 5.14. The van der Waals surface area contributed by atoms with Crippen LogP contribution in [-0.4, -0.2) is 25.4 Å². The van der Waals surface area contributed by atoms with E-state index in [1.807, 2.05) is 12.1 Å². The first-order chi connectivity index (χ1) is 9.07. The summed E-state index contributed by atoms with van der Waals surface area (Å²) in [6.45, 7) is 2.68. The second-order valence-corrected chi connectivity index (χ2v) is 5.46. The minimum absolute atomic E-state index is 0.101. The van der Waals surface area contributed by atoms with Crippen LogP contribution in [0.4, 0.5) is 0 Å². The van der Waals surface area contributed by atoms with Crippen LogP contribution in [0.25, 0.3) is 0 Å². The summed E-state index contributed by atoms with van der Waals surface area (Å²) in [5.41, 5.74) is 6.70. The van der Waals surface area contributed by atoms with Crippen LogP contribution in [0.3, 0.4) is 0 Å². The molecule has 0 amide bonds. The topological polar surface area (TPSA) is 55.5 Å². The fourth-order valence-electron chi connectivity index (χ4n) is 2.20. The molecule has 0 fully saturated rings. The number of hydrogen-bond acceptors (Lipinski definition) is 3. The number of aliphatic hydroxyl groups is 1. The molecule has 0 bridgehead atoms. The normalized spacial score (nSPS) is 14.2. The fourth-order valence-corrected chi connectivity index (χ4v) is 2.85. The molecular weight excluding hydrogens is 285 g/mol. The van der Waals surface area contributed by atoms with Gasteiger partial charge < -0.3 is 15.6 Å². The van der Waals surface area contributed by atoms with E-state index in [-0.39, 0.29) is 18.4 Å². The first kappa shape index (κ1) is 16.6. The molecule has 3 N–H and O–H groups in total. The molecule has 0 radical (unpaired) electrons. The molecule has 0 aliphatic rings. The van der Waals surface area contributed by atoms with Gasteiger partial charge in [-0.05, 0) is 48.9 Å². The van der Waals surface area contributed by atoms with Crippen molar-refractivity contribution in [2.24, 2.45) is 11.7 Å². The SMILES string of the molecule is CCC(CC(CN)CO)c1cc(Cl)c(OC)c(Cl)c1. The van der Waals surface area contributed by atoms with Crippen molar-refractivity contribution >= 4 is 23.2 Å². The number of ether oxygens (including phenoxy) is 1. The minimum atomic E-state index is 0.101. The smallest absolute Gasteiger partial charge is 0.156 e. The molecule has 0 aliphatic carbocycles. The van der Waals surface area contributed by atoms with Crippen LogP contribution in [-0.2, 0) is 0 Å². The highest BCUT2D eigenvalue weighted by molar-refractivity contribution is 6.37. The molecule has 2 unspecified atom stereocenters. The van der Waals surface area contributed by atoms with Crippen molar-refractivity contribution in [1.29, 1.82) is 0 Å². The summed E-state index contributed by atoms with van der Waals surface area (Å²) in [4.78, 5) is 0. The molecule has 2 atom stereocenters. The Hall–Kier alpha value is -0.480. The van der Waals surface area contributed by atoms with Gasteiger partial charge in [-0.3, -0.25) is 0 Å². The van der Waals surface area contributed by atoms with Gasteiger partial charge in [-0.15, -0.1) is 0 Å². The number of aliphatic hydroxyl groups excluding tert-OH is 1. The van der Waals surface area contributed by atoms with Crippen molar-refractivity contribution in [2.45, 2.75) is 25.7 Å². The van der Waals surface area contributed by atoms with Gasteiger partial charge in [-0.2, -0.15) is 0 Å². The van der Waals surface area contributed by atoms with E-state index in [4.69, 9.17) is 33.7 Å². The Balaban J connectivity index is 2.99. The summed E-state index contributed by atoms with van der Waals surface area (Å²) in [6.07, 6.45) is 1.76. The van der Waals surface area contributed by atoms with E-state index in [1.54, 1.807) is 7.11 Å². The zero-order valence-corrected chi connectivity index (χ0v) is 12.8. The number of nitrogens with two attached hydrogens (primary N) is 1. The Bertz CT molecular complexity index is 385. The van der Waals surface area contributed by atoms with Crippen LogP contribution in [0.5, 0.6) is 5.75 Å². The van der Waals surface area contributed by atoms with Gasteiger partial charge in [0.1, 0.15) is 0 Å². The van der Waals surface area contributed by atoms with Crippen LogP contribution in [0, 0.1) is 5.92 Å². The number of halogens is 2. The van der Waals surface area contributed by atoms with E-state index >= 15 is 0 Å². The zero-order chi connectivity index (χ0) is 14.4. The largest absolute Gasteiger partial charge is 0.494 e. The highest BCUT2D eigenvalue weighted by Crippen LogP contribution is 2.38. The van der Waals surface area contributed by atoms with E-state index in [9.17, 15) is 5.11 Å². The van der Waals surface area contributed by atoms with Gasteiger partial charge in [-0.1, -0.05) is 30.1 Å². The summed E-state index contributed by atoms with van der Waals surface area (Å²) in [5.74, 6) is 0.880. The van der Waals surface area contributed by atoms with Crippen molar-refractivity contribution in [2.75, 3.05) is 20.3 Å². The standard InChI is InChI=1S/C14H21Cl2NO2/c1-3-10(4-9(7-17)8-18)11-5-12(15)14(19-2)13(16)6-11/h5-6,9-10,18H,3-4,7-8,17H2,1-2H3. The Morgan fingerprint density at radius 1 is 1.32 bits per heavy atom. The summed E-state index contributed by atoms with van der Waals surface area (Å²) in [7, 11) is 1.54. The van der Waals surface area contributed by atoms with Crippen molar-refractivity contribution in [3.05, 3.63) is 27.7 Å². The van der Waals surface area contributed by atoms with Crippen molar-refractivity contribution in [3.63, 3.8) is 0 Å². The fraction of sp³-hybridized carbons (Fsp3) is 0.571. The van der Waals surface area contributed by atoms with E-state index in [1.165, 1.54) is 0 Å². The lowest BCUT2D eigenvalue weighted by Gasteiger charge is -2.21. The molecule has 0 saturated heterocycles. The lowest BCUT2D eigenvalue weighted by molar-refractivity contribution is 0.214. The summed E-state index contributed by atoms with van der Waals surface area (Å²) in [6, 6.07) is 3.76. The summed E-state index contributed by atoms with van der Waals surface area (Å²) in [5, 5.41) is 10.3. The number of methoxy groups -OCH3 is 1. The quantitative estimate of drug-likeness (QED) is 0.811. The highest BCUT2D eigenvalue weighted by atomic mass is 35.5. The Kier molecular flexibility index (Phi) is 6.94. The van der Waals surface area contributed by atoms with Gasteiger partial charge >= 0.3 is 0 Å². The first-order valence-electron chi connectivity index (χ1n) is 6.41. The predicted octanol–water partition coefficient (Wildman–Crippen LogP) is 3.45. The van der Waals surface area contributed by atoms with E-state index in [0.717, 1.165) is 18.4 Å². The Morgan fingerprint density at radius 3 is 2.26 bits per heavy atom. The molecule has 0 spiro atoms. The molecule has 1 aromatic rings. The lowest BCUT2D eigenvalue weighted by Crippen LogP contribution is -2.20. The van der Waals surface area contributed by atoms with E-state index < -0.39 is 0 Å². The average molecular weight is 306 g/mol. The molecular formula is C14H21Cl2NO2. The van der Waals surface area contributed by atoms with Gasteiger partial charge in [0.2, 0.25) is 0 Å². The van der Waals surface area contributed by atoms with E-state index in [0.29, 0.717) is 22.3 Å². The monoisotopic (exact) mass is 305 g/mol. The molecule has 0 aromatic heterocycles. The molecule has 3 nitrogen and oxygen atoms in total. The second-order valence-electron chi connectivity index (χ2n) is 4.64. The Morgan fingerprint density at radius 2 is 1.89 bits per heavy atom. The van der Waals surface area contributed by atoms with Crippen molar-refractivity contribution in [1.82, 2.24) is 0 Å². The minimum Gasteiger partial charge on any atom is -0.494 e. The summed E-state index contributed by atoms with van der Waals surface area (Å²) >= 11 is 12.3. The molecule has 0 saturated carbocycles. The van der Waals surface area contributed by atoms with Gasteiger partial charge in [0.05, 0.1) is 17.2 Å². The van der Waals surface area contributed by atoms with Crippen LogP contribution >= 0.6 is 23.2 Å². The highest BCUT2D eigenvalue weighted by Gasteiger charge is 2.18. The van der Waals surface area contributed by atoms with Crippen LogP contribution in [0.15, 0.2) is 12.1 Å². The third kappa shape index (κ3) is 4.25. The predicted molar refractivity (Wildman–Crippen MR) is 80.3 cm³/mol. The van der Waals surface area contributed by atoms with Gasteiger partial charge in [-0.25, -0.2) is 0 Å². The molecule has 1 rings (SSSR count). The second kappa shape index (κ2) is 7.95. The van der Waals surface area contributed by atoms with Crippen LogP contribution in [0.2, 0.25) is 10.0 Å². The Labute approximate surface area is 124 Å². The molecule has 108 valence electrons. The number of hydrogen-bond donors (Lipinski definition) is 2. The third-order valence-corrected chi connectivity index (χ3v) is 3.96. The maximum atomic E-state index is 9.26. The number of rotatable bonds is 7. The van der Waals surface area contributed by atoms with Crippen molar-refractivity contribution < 1.29 is 9.84 Å². The molecule has 0 aliphatic heterocycles. The lowest BCUT2D eigenvalue weighted by atomic mass is 9.87.